The summed E-state index contributed by atoms with van der Waals surface area (Å²) in [4.78, 5) is 22.1. The van der Waals surface area contributed by atoms with Crippen molar-refractivity contribution in [2.45, 2.75) is 12.2 Å². The van der Waals surface area contributed by atoms with Crippen molar-refractivity contribution in [1.29, 1.82) is 0 Å². The second kappa shape index (κ2) is 7.51. The number of hydrogen-bond donors (Lipinski definition) is 1. The van der Waals surface area contributed by atoms with Gasteiger partial charge in [0.1, 0.15) is 5.15 Å². The summed E-state index contributed by atoms with van der Waals surface area (Å²) >= 11 is 7.75. The van der Waals surface area contributed by atoms with Gasteiger partial charge in [0.25, 0.3) is 5.91 Å². The molecule has 152 valence electrons. The van der Waals surface area contributed by atoms with E-state index < -0.39 is 23.3 Å². The molecule has 1 amide bonds. The highest BCUT2D eigenvalue weighted by Crippen LogP contribution is 2.37. The van der Waals surface area contributed by atoms with Crippen LogP contribution in [0.15, 0.2) is 36.8 Å². The fourth-order valence-corrected chi connectivity index (χ4v) is 3.92. The number of carbonyl (C=O) groups excluding carboxylic acids is 1. The predicted molar refractivity (Wildman–Crippen MR) is 105 cm³/mol. The van der Waals surface area contributed by atoms with Gasteiger partial charge in [-0.3, -0.25) is 18.9 Å². The zero-order chi connectivity index (χ0) is 20.8. The van der Waals surface area contributed by atoms with E-state index in [-0.39, 0.29) is 22.5 Å². The smallest absolute Gasteiger partial charge is 0.334 e. The summed E-state index contributed by atoms with van der Waals surface area (Å²) in [7, 11) is 0. The summed E-state index contributed by atoms with van der Waals surface area (Å²) < 4.78 is 45.4. The van der Waals surface area contributed by atoms with Crippen LogP contribution in [0.5, 0.6) is 0 Å². The minimum absolute atomic E-state index is 0.132. The molecule has 1 saturated heterocycles. The van der Waals surface area contributed by atoms with Gasteiger partial charge in [0.05, 0.1) is 11.6 Å². The molecule has 6 nitrogen and oxygen atoms in total. The molecular weight excluding hydrogens is 427 g/mol. The first-order valence-corrected chi connectivity index (χ1v) is 10.2. The van der Waals surface area contributed by atoms with Crippen LogP contribution in [0.25, 0.3) is 16.8 Å². The Morgan fingerprint density at radius 1 is 1.34 bits per heavy atom. The van der Waals surface area contributed by atoms with Gasteiger partial charge in [-0.1, -0.05) is 29.6 Å². The number of fused-ring (bicyclic) bond motifs is 1. The van der Waals surface area contributed by atoms with E-state index in [2.05, 4.69) is 14.7 Å². The summed E-state index contributed by atoms with van der Waals surface area (Å²) in [5.41, 5.74) is -0.804. The first-order valence-electron chi connectivity index (χ1n) is 8.56. The molecule has 0 aliphatic carbocycles. The van der Waals surface area contributed by atoms with E-state index in [9.17, 15) is 18.0 Å². The van der Waals surface area contributed by atoms with E-state index in [0.717, 1.165) is 10.5 Å². The molecular formula is C18H15ClF3N5OS. The number of nitrogens with one attached hydrogen (secondary N) is 1. The molecule has 1 aliphatic rings. The number of likely N-dealkylation sites (tertiary alicyclic amines) is 1. The van der Waals surface area contributed by atoms with Crippen molar-refractivity contribution in [3.05, 3.63) is 53.2 Å². The molecule has 0 atom stereocenters. The zero-order valence-electron chi connectivity index (χ0n) is 15.1. The predicted octanol–water partition coefficient (Wildman–Crippen LogP) is 3.76. The number of pyridine rings is 2. The number of imidazole rings is 1. The number of halogens is 4. The summed E-state index contributed by atoms with van der Waals surface area (Å²) in [6, 6.07) is 4.39. The van der Waals surface area contributed by atoms with Crippen LogP contribution < -0.4 is 4.72 Å². The Hall–Kier alpha value is -2.30. The Morgan fingerprint density at radius 2 is 2.10 bits per heavy atom. The monoisotopic (exact) mass is 441 g/mol. The Labute approximate surface area is 173 Å². The van der Waals surface area contributed by atoms with Crippen LogP contribution in [0.1, 0.15) is 16.1 Å². The first kappa shape index (κ1) is 20.0. The maximum Gasteiger partial charge on any atom is 0.420 e. The van der Waals surface area contributed by atoms with Gasteiger partial charge in [-0.15, -0.1) is 0 Å². The summed E-state index contributed by atoms with van der Waals surface area (Å²) in [5, 5.41) is -0.150. The lowest BCUT2D eigenvalue weighted by Gasteiger charge is -2.38. The number of amides is 1. The van der Waals surface area contributed by atoms with Crippen LogP contribution in [-0.2, 0) is 6.18 Å². The van der Waals surface area contributed by atoms with Gasteiger partial charge in [-0.2, -0.15) is 13.2 Å². The zero-order valence-corrected chi connectivity index (χ0v) is 16.6. The van der Waals surface area contributed by atoms with Gasteiger partial charge < -0.3 is 4.90 Å². The van der Waals surface area contributed by atoms with Crippen LogP contribution in [0.4, 0.5) is 13.2 Å². The Kier molecular flexibility index (Phi) is 5.18. The van der Waals surface area contributed by atoms with E-state index in [1.165, 1.54) is 35.4 Å². The summed E-state index contributed by atoms with van der Waals surface area (Å²) in [6.07, 6.45) is 1.62. The number of rotatable bonds is 4. The molecule has 0 radical (unpaired) electrons. The van der Waals surface area contributed by atoms with Crippen LogP contribution >= 0.6 is 23.5 Å². The maximum absolute atomic E-state index is 13.7. The van der Waals surface area contributed by atoms with Gasteiger partial charge in [-0.25, -0.2) is 4.98 Å². The van der Waals surface area contributed by atoms with Gasteiger partial charge in [0.2, 0.25) is 0 Å². The highest BCUT2D eigenvalue weighted by molar-refractivity contribution is 7.96. The largest absolute Gasteiger partial charge is 0.420 e. The van der Waals surface area contributed by atoms with Crippen molar-refractivity contribution in [2.75, 3.05) is 19.3 Å². The summed E-state index contributed by atoms with van der Waals surface area (Å²) in [6.45, 7) is 0.883. The van der Waals surface area contributed by atoms with Crippen LogP contribution in [0, 0.1) is 0 Å². The molecule has 0 aromatic carbocycles. The number of hydrogen-bond acceptors (Lipinski definition) is 5. The molecule has 11 heteroatoms. The highest BCUT2D eigenvalue weighted by Gasteiger charge is 2.38. The van der Waals surface area contributed by atoms with Gasteiger partial charge >= 0.3 is 6.18 Å². The van der Waals surface area contributed by atoms with E-state index in [0.29, 0.717) is 18.7 Å². The lowest BCUT2D eigenvalue weighted by Crippen LogP contribution is -2.58. The second-order valence-electron chi connectivity index (χ2n) is 6.56. The van der Waals surface area contributed by atoms with Crippen molar-refractivity contribution >= 4 is 35.1 Å². The van der Waals surface area contributed by atoms with Crippen LogP contribution in [0.3, 0.4) is 0 Å². The molecule has 4 heterocycles. The third kappa shape index (κ3) is 3.67. The molecule has 0 saturated carbocycles. The Morgan fingerprint density at radius 3 is 2.72 bits per heavy atom. The number of nitrogens with zero attached hydrogens (tertiary/aromatic N) is 4. The molecule has 4 rings (SSSR count). The second-order valence-corrected chi connectivity index (χ2v) is 7.56. The molecule has 3 aromatic rings. The van der Waals surface area contributed by atoms with Crippen molar-refractivity contribution < 1.29 is 18.0 Å². The van der Waals surface area contributed by atoms with Gasteiger partial charge in [0.15, 0.2) is 11.3 Å². The lowest BCUT2D eigenvalue weighted by atomic mass is 10.1. The molecule has 0 bridgehead atoms. The van der Waals surface area contributed by atoms with Gasteiger partial charge in [0, 0.05) is 42.8 Å². The van der Waals surface area contributed by atoms with Gasteiger partial charge in [-0.05, 0) is 18.4 Å². The van der Waals surface area contributed by atoms with Crippen molar-refractivity contribution in [2.24, 2.45) is 0 Å². The Balaban J connectivity index is 1.79. The maximum atomic E-state index is 13.7. The van der Waals surface area contributed by atoms with Crippen molar-refractivity contribution in [3.63, 3.8) is 0 Å². The highest BCUT2D eigenvalue weighted by atomic mass is 35.5. The van der Waals surface area contributed by atoms with E-state index in [1.54, 1.807) is 12.1 Å². The standard InChI is InChI=1S/C18H15ClF3N5OS/c1-29-25-12-8-26(9-12)17(28)14-15(19)27-7-11(10-3-2-4-23-6-10)5-13(16(27)24-14)18(20,21)22/h2-7,12,25H,8-9H2,1H3. The number of alkyl halides is 3. The first-order chi connectivity index (χ1) is 13.8. The molecule has 3 aromatic heterocycles. The quantitative estimate of drug-likeness (QED) is 0.625. The minimum Gasteiger partial charge on any atom is -0.334 e. The lowest BCUT2D eigenvalue weighted by molar-refractivity contribution is -0.136. The minimum atomic E-state index is -4.67. The van der Waals surface area contributed by atoms with E-state index in [1.807, 2.05) is 6.26 Å². The van der Waals surface area contributed by atoms with Crippen molar-refractivity contribution in [3.8, 4) is 11.1 Å². The fraction of sp³-hybridized carbons (Fsp3) is 0.278. The molecule has 29 heavy (non-hydrogen) atoms. The van der Waals surface area contributed by atoms with Crippen molar-refractivity contribution in [1.82, 2.24) is 24.0 Å². The SMILES string of the molecule is CSNC1CN(C(=O)c2nc3c(C(F)(F)F)cc(-c4cccnc4)cn3c2Cl)C1. The normalized spacial score (nSPS) is 15.0. The number of aromatic nitrogens is 3. The average molecular weight is 442 g/mol. The fourth-order valence-electron chi connectivity index (χ4n) is 3.19. The molecule has 1 fully saturated rings. The third-order valence-corrected chi connectivity index (χ3v) is 5.55. The van der Waals surface area contributed by atoms with E-state index >= 15 is 0 Å². The summed E-state index contributed by atoms with van der Waals surface area (Å²) in [5.74, 6) is -0.492. The van der Waals surface area contributed by atoms with Crippen LogP contribution in [0.2, 0.25) is 5.15 Å². The molecule has 1 aliphatic heterocycles. The van der Waals surface area contributed by atoms with Crippen LogP contribution in [-0.4, -0.2) is 50.6 Å². The molecule has 0 spiro atoms. The number of carbonyl (C=O) groups is 1. The van der Waals surface area contributed by atoms with E-state index in [4.69, 9.17) is 11.6 Å². The third-order valence-electron chi connectivity index (χ3n) is 4.62. The Bertz CT molecular complexity index is 1070. The molecule has 0 unspecified atom stereocenters. The average Bonchev–Trinajstić information content (AvgIpc) is 3.00. The molecule has 1 N–H and O–H groups in total. The topological polar surface area (TPSA) is 62.5 Å².